The highest BCUT2D eigenvalue weighted by Gasteiger charge is 2.42. The summed E-state index contributed by atoms with van der Waals surface area (Å²) in [6, 6.07) is 19.7. The molecule has 4 atom stereocenters. The molecule has 1 fully saturated rings. The number of benzene rings is 2. The zero-order valence-corrected chi connectivity index (χ0v) is 16.4. The Labute approximate surface area is 173 Å². The van der Waals surface area contributed by atoms with Crippen LogP contribution in [-0.2, 0) is 4.74 Å². The molecule has 1 aliphatic rings. The lowest BCUT2D eigenvalue weighted by molar-refractivity contribution is -0.0295. The molecule has 7 heteroatoms. The number of nitrogens with zero attached hydrogens (tertiary/aromatic N) is 3. The minimum absolute atomic E-state index is 0.480. The average Bonchev–Trinajstić information content (AvgIpc) is 3.29. The van der Waals surface area contributed by atoms with Gasteiger partial charge in [-0.3, -0.25) is 0 Å². The van der Waals surface area contributed by atoms with Crippen LogP contribution in [0, 0.1) is 0 Å². The van der Waals surface area contributed by atoms with Crippen molar-refractivity contribution in [3.8, 4) is 11.1 Å². The van der Waals surface area contributed by atoms with E-state index >= 15 is 0 Å². The minimum atomic E-state index is -1.06. The Kier molecular flexibility index (Phi) is 4.71. The Morgan fingerprint density at radius 1 is 0.933 bits per heavy atom. The quantitative estimate of drug-likeness (QED) is 0.484. The van der Waals surface area contributed by atoms with Crippen LogP contribution >= 0.6 is 0 Å². The normalized spacial score (nSPS) is 23.7. The third kappa shape index (κ3) is 3.13. The Morgan fingerprint density at radius 2 is 1.63 bits per heavy atom. The van der Waals surface area contributed by atoms with E-state index in [-0.39, 0.29) is 0 Å². The highest BCUT2D eigenvalue weighted by molar-refractivity contribution is 6.02. The number of aliphatic hydroxyl groups is 2. The number of aromatic nitrogens is 3. The zero-order chi connectivity index (χ0) is 20.7. The van der Waals surface area contributed by atoms with Gasteiger partial charge in [-0.05, 0) is 24.6 Å². The smallest absolute Gasteiger partial charge is 0.164 e. The van der Waals surface area contributed by atoms with Gasteiger partial charge in [0.1, 0.15) is 30.0 Å². The first-order valence-corrected chi connectivity index (χ1v) is 9.88. The number of hydrogen-bond acceptors (Lipinski definition) is 6. The summed E-state index contributed by atoms with van der Waals surface area (Å²) in [5.41, 5.74) is 3.43. The highest BCUT2D eigenvalue weighted by Crippen LogP contribution is 2.39. The molecule has 4 aromatic rings. The molecule has 7 nitrogen and oxygen atoms in total. The van der Waals surface area contributed by atoms with Crippen molar-refractivity contribution in [2.45, 2.75) is 31.5 Å². The minimum Gasteiger partial charge on any atom is -0.388 e. The van der Waals surface area contributed by atoms with Crippen LogP contribution in [0.5, 0.6) is 0 Å². The number of rotatable bonds is 4. The van der Waals surface area contributed by atoms with Gasteiger partial charge in [0, 0.05) is 17.4 Å². The number of ether oxygens (including phenoxy) is 1. The Morgan fingerprint density at radius 3 is 2.30 bits per heavy atom. The van der Waals surface area contributed by atoms with E-state index in [1.165, 1.54) is 6.33 Å². The summed E-state index contributed by atoms with van der Waals surface area (Å²) in [7, 11) is 0. The molecule has 0 saturated carbocycles. The highest BCUT2D eigenvalue weighted by atomic mass is 16.6. The molecule has 1 aliphatic heterocycles. The van der Waals surface area contributed by atoms with Crippen molar-refractivity contribution in [2.24, 2.45) is 0 Å². The molecule has 0 aliphatic carbocycles. The summed E-state index contributed by atoms with van der Waals surface area (Å²) < 4.78 is 7.65. The zero-order valence-electron chi connectivity index (χ0n) is 16.4. The topological polar surface area (TPSA) is 92.4 Å². The van der Waals surface area contributed by atoms with Crippen LogP contribution < -0.4 is 5.32 Å². The molecular formula is C23H22N4O3. The molecule has 152 valence electrons. The SMILES string of the molecule is C[C@H]1O[C@@H](n2cc(-c3ccccc3)c3c(Nc4ccccc4)ncnc32)[C@H](O)[C@@H]1O. The molecule has 3 heterocycles. The molecule has 5 rings (SSSR count). The van der Waals surface area contributed by atoms with Crippen molar-refractivity contribution >= 4 is 22.5 Å². The van der Waals surface area contributed by atoms with E-state index < -0.39 is 24.5 Å². The van der Waals surface area contributed by atoms with E-state index in [2.05, 4.69) is 15.3 Å². The van der Waals surface area contributed by atoms with Crippen LogP contribution in [0.4, 0.5) is 11.5 Å². The Balaban J connectivity index is 1.70. The van der Waals surface area contributed by atoms with Crippen molar-refractivity contribution in [1.29, 1.82) is 0 Å². The van der Waals surface area contributed by atoms with Crippen LogP contribution in [0.1, 0.15) is 13.2 Å². The molecule has 0 amide bonds. The summed E-state index contributed by atoms with van der Waals surface area (Å²) >= 11 is 0. The summed E-state index contributed by atoms with van der Waals surface area (Å²) in [5.74, 6) is 0.657. The molecule has 30 heavy (non-hydrogen) atoms. The standard InChI is InChI=1S/C23H22N4O3/c1-14-19(28)20(29)23(30-14)27-12-17(15-8-4-2-5-9-15)18-21(24-13-25-22(18)27)26-16-10-6-3-7-11-16/h2-14,19-20,23,28-29H,1H3,(H,24,25,26)/t14-,19-,20-,23-/m1/s1. The second kappa shape index (κ2) is 7.53. The van der Waals surface area contributed by atoms with Gasteiger partial charge in [0.25, 0.3) is 0 Å². The summed E-state index contributed by atoms with van der Waals surface area (Å²) in [6.45, 7) is 1.75. The fraction of sp³-hybridized carbons (Fsp3) is 0.217. The monoisotopic (exact) mass is 402 g/mol. The predicted octanol–water partition coefficient (Wildman–Crippen LogP) is 3.48. The van der Waals surface area contributed by atoms with Gasteiger partial charge in [0.2, 0.25) is 0 Å². The second-order valence-electron chi connectivity index (χ2n) is 7.44. The van der Waals surface area contributed by atoms with Gasteiger partial charge in [0.05, 0.1) is 11.5 Å². The largest absolute Gasteiger partial charge is 0.388 e. The maximum absolute atomic E-state index is 10.6. The van der Waals surface area contributed by atoms with Crippen LogP contribution in [0.2, 0.25) is 0 Å². The molecule has 0 spiro atoms. The van der Waals surface area contributed by atoms with Gasteiger partial charge in [-0.2, -0.15) is 0 Å². The summed E-state index contributed by atoms with van der Waals surface area (Å²) in [4.78, 5) is 8.99. The summed E-state index contributed by atoms with van der Waals surface area (Å²) in [5, 5.41) is 25.0. The Hall–Kier alpha value is -3.26. The van der Waals surface area contributed by atoms with E-state index in [9.17, 15) is 10.2 Å². The van der Waals surface area contributed by atoms with Gasteiger partial charge >= 0.3 is 0 Å². The molecule has 2 aromatic heterocycles. The van der Waals surface area contributed by atoms with Gasteiger partial charge in [-0.25, -0.2) is 9.97 Å². The number of hydrogen-bond donors (Lipinski definition) is 3. The van der Waals surface area contributed by atoms with E-state index in [4.69, 9.17) is 4.74 Å². The Bertz CT molecular complexity index is 1160. The lowest BCUT2D eigenvalue weighted by atomic mass is 10.1. The molecule has 0 radical (unpaired) electrons. The number of anilines is 2. The van der Waals surface area contributed by atoms with Crippen molar-refractivity contribution in [1.82, 2.24) is 14.5 Å². The fourth-order valence-corrected chi connectivity index (χ4v) is 3.93. The summed E-state index contributed by atoms with van der Waals surface area (Å²) in [6.07, 6.45) is 0.153. The first-order valence-electron chi connectivity index (χ1n) is 9.88. The van der Waals surface area contributed by atoms with E-state index in [1.54, 1.807) is 11.5 Å². The average molecular weight is 402 g/mol. The molecular weight excluding hydrogens is 380 g/mol. The lowest BCUT2D eigenvalue weighted by Crippen LogP contribution is -2.30. The number of aliphatic hydroxyl groups excluding tert-OH is 2. The van der Waals surface area contributed by atoms with Crippen molar-refractivity contribution in [3.63, 3.8) is 0 Å². The number of para-hydroxylation sites is 1. The van der Waals surface area contributed by atoms with Gasteiger partial charge in [-0.15, -0.1) is 0 Å². The van der Waals surface area contributed by atoms with E-state index in [0.717, 1.165) is 22.2 Å². The fourth-order valence-electron chi connectivity index (χ4n) is 3.93. The molecule has 1 saturated heterocycles. The molecule has 0 bridgehead atoms. The van der Waals surface area contributed by atoms with Gasteiger partial charge < -0.3 is 24.8 Å². The molecule has 2 aromatic carbocycles. The first kappa shape index (κ1) is 18.7. The van der Waals surface area contributed by atoms with Crippen molar-refractivity contribution < 1.29 is 14.9 Å². The van der Waals surface area contributed by atoms with Crippen LogP contribution in [0.25, 0.3) is 22.2 Å². The van der Waals surface area contributed by atoms with Gasteiger partial charge in [-0.1, -0.05) is 48.5 Å². The van der Waals surface area contributed by atoms with E-state index in [1.807, 2.05) is 66.9 Å². The maximum Gasteiger partial charge on any atom is 0.164 e. The number of fused-ring (bicyclic) bond motifs is 1. The number of nitrogens with one attached hydrogen (secondary N) is 1. The van der Waals surface area contributed by atoms with E-state index in [0.29, 0.717) is 11.5 Å². The third-order valence-corrected chi connectivity index (χ3v) is 5.48. The van der Waals surface area contributed by atoms with Crippen LogP contribution in [-0.4, -0.2) is 43.1 Å². The van der Waals surface area contributed by atoms with Crippen molar-refractivity contribution in [2.75, 3.05) is 5.32 Å². The molecule has 3 N–H and O–H groups in total. The lowest BCUT2D eigenvalue weighted by Gasteiger charge is -2.17. The maximum atomic E-state index is 10.6. The second-order valence-corrected chi connectivity index (χ2v) is 7.44. The van der Waals surface area contributed by atoms with Crippen LogP contribution in [0.15, 0.2) is 73.2 Å². The first-order chi connectivity index (χ1) is 14.6. The van der Waals surface area contributed by atoms with Crippen LogP contribution in [0.3, 0.4) is 0 Å². The molecule has 0 unspecified atom stereocenters. The van der Waals surface area contributed by atoms with Gasteiger partial charge in [0.15, 0.2) is 6.23 Å². The van der Waals surface area contributed by atoms with Crippen molar-refractivity contribution in [3.05, 3.63) is 73.2 Å². The third-order valence-electron chi connectivity index (χ3n) is 5.48. The predicted molar refractivity (Wildman–Crippen MR) is 114 cm³/mol.